The van der Waals surface area contributed by atoms with Crippen molar-refractivity contribution in [1.82, 2.24) is 0 Å². The molecule has 0 saturated carbocycles. The molecule has 0 fully saturated rings. The molecule has 0 radical (unpaired) electrons. The van der Waals surface area contributed by atoms with Gasteiger partial charge in [-0.15, -0.1) is 0 Å². The fraction of sp³-hybridized carbons (Fsp3) is 0.385. The summed E-state index contributed by atoms with van der Waals surface area (Å²) in [5.41, 5.74) is 2.31. The lowest BCUT2D eigenvalue weighted by atomic mass is 9.99. The van der Waals surface area contributed by atoms with Gasteiger partial charge in [0.15, 0.2) is 0 Å². The summed E-state index contributed by atoms with van der Waals surface area (Å²) in [6.45, 7) is 1.66. The molecule has 1 aliphatic heterocycles. The normalized spacial score (nSPS) is 20.2. The van der Waals surface area contributed by atoms with Crippen LogP contribution < -0.4 is 0 Å². The van der Waals surface area contributed by atoms with E-state index in [1.807, 2.05) is 37.3 Å². The molecule has 2 atom stereocenters. The van der Waals surface area contributed by atoms with E-state index < -0.39 is 0 Å². The van der Waals surface area contributed by atoms with Crippen LogP contribution in [0.2, 0.25) is 0 Å². The fourth-order valence-corrected chi connectivity index (χ4v) is 1.75. The van der Waals surface area contributed by atoms with E-state index in [1.54, 1.807) is 6.20 Å². The molecule has 0 amide bonds. The second-order valence-corrected chi connectivity index (χ2v) is 4.22. The fourth-order valence-electron chi connectivity index (χ4n) is 1.75. The number of alkyl halides is 1. The Bertz CT molecular complexity index is 383. The number of hydrogen-bond acceptors (Lipinski definition) is 2. The van der Waals surface area contributed by atoms with E-state index in [2.05, 4.69) is 10.2 Å². The van der Waals surface area contributed by atoms with Gasteiger partial charge in [0, 0.05) is 6.20 Å². The van der Waals surface area contributed by atoms with Crippen LogP contribution in [-0.4, -0.2) is 6.67 Å². The molecule has 3 heteroatoms. The van der Waals surface area contributed by atoms with Gasteiger partial charge < -0.3 is 0 Å². The van der Waals surface area contributed by atoms with Crippen LogP contribution in [0.25, 0.3) is 0 Å². The van der Waals surface area contributed by atoms with Crippen LogP contribution in [-0.2, 0) is 6.42 Å². The molecule has 1 heterocycles. The van der Waals surface area contributed by atoms with Gasteiger partial charge in [0.25, 0.3) is 0 Å². The summed E-state index contributed by atoms with van der Waals surface area (Å²) >= 11 is 0. The minimum atomic E-state index is -0.263. The molecule has 2 nitrogen and oxygen atoms in total. The maximum Gasteiger partial charge on any atom is 0.116 e. The first kappa shape index (κ1) is 11.0. The van der Waals surface area contributed by atoms with Crippen LogP contribution >= 0.6 is 0 Å². The highest BCUT2D eigenvalue weighted by Gasteiger charge is 2.09. The van der Waals surface area contributed by atoms with Crippen LogP contribution in [0.15, 0.2) is 46.8 Å². The maximum absolute atomic E-state index is 12.4. The molecule has 16 heavy (non-hydrogen) atoms. The minimum Gasteiger partial charge on any atom is -0.251 e. The minimum absolute atomic E-state index is 0.0626. The Morgan fingerprint density at radius 2 is 2.06 bits per heavy atom. The molecule has 0 aliphatic carbocycles. The zero-order valence-corrected chi connectivity index (χ0v) is 9.31. The predicted octanol–water partition coefficient (Wildman–Crippen LogP) is 3.86. The Morgan fingerprint density at radius 3 is 2.62 bits per heavy atom. The van der Waals surface area contributed by atoms with Crippen molar-refractivity contribution in [2.24, 2.45) is 16.1 Å². The Kier molecular flexibility index (Phi) is 3.44. The van der Waals surface area contributed by atoms with E-state index in [-0.39, 0.29) is 18.6 Å². The molecule has 0 aromatic heterocycles. The van der Waals surface area contributed by atoms with E-state index in [9.17, 15) is 4.39 Å². The lowest BCUT2D eigenvalue weighted by Crippen LogP contribution is -2.01. The lowest BCUT2D eigenvalue weighted by molar-refractivity contribution is 0.381. The van der Waals surface area contributed by atoms with Gasteiger partial charge in [-0.05, 0) is 29.5 Å². The number of rotatable bonds is 4. The molecule has 0 N–H and O–H groups in total. The van der Waals surface area contributed by atoms with Gasteiger partial charge in [0.1, 0.15) is 6.04 Å². The number of halogens is 1. The van der Waals surface area contributed by atoms with Gasteiger partial charge in [-0.25, -0.2) is 0 Å². The molecule has 0 spiro atoms. The molecule has 0 saturated heterocycles. The first-order valence-electron chi connectivity index (χ1n) is 5.51. The topological polar surface area (TPSA) is 24.7 Å². The third-order valence-corrected chi connectivity index (χ3v) is 2.69. The monoisotopic (exact) mass is 218 g/mol. The molecule has 0 bridgehead atoms. The average Bonchev–Trinajstić information content (AvgIpc) is 2.83. The van der Waals surface area contributed by atoms with E-state index >= 15 is 0 Å². The summed E-state index contributed by atoms with van der Waals surface area (Å²) in [7, 11) is 0. The van der Waals surface area contributed by atoms with Crippen molar-refractivity contribution in [1.29, 1.82) is 0 Å². The highest BCUT2D eigenvalue weighted by atomic mass is 19.1. The molecular formula is C13H15FN2. The summed E-state index contributed by atoms with van der Waals surface area (Å²) in [4.78, 5) is 0. The van der Waals surface area contributed by atoms with Crippen LogP contribution in [0.3, 0.4) is 0 Å². The van der Waals surface area contributed by atoms with Crippen molar-refractivity contribution in [2.45, 2.75) is 19.4 Å². The summed E-state index contributed by atoms with van der Waals surface area (Å²) in [6, 6.07) is 8.23. The number of azo groups is 1. The second-order valence-electron chi connectivity index (χ2n) is 4.22. The summed E-state index contributed by atoms with van der Waals surface area (Å²) < 4.78 is 12.4. The van der Waals surface area contributed by atoms with Crippen LogP contribution in [0, 0.1) is 5.92 Å². The van der Waals surface area contributed by atoms with Crippen molar-refractivity contribution >= 4 is 0 Å². The van der Waals surface area contributed by atoms with Crippen molar-refractivity contribution in [2.75, 3.05) is 6.67 Å². The Labute approximate surface area is 94.9 Å². The molecule has 1 aromatic carbocycles. The second kappa shape index (κ2) is 5.01. The summed E-state index contributed by atoms with van der Waals surface area (Å²) in [5, 5.41) is 7.89. The van der Waals surface area contributed by atoms with Gasteiger partial charge in [0.05, 0.1) is 6.67 Å². The third-order valence-electron chi connectivity index (χ3n) is 2.69. The molecule has 1 aromatic rings. The quantitative estimate of drug-likeness (QED) is 0.733. The van der Waals surface area contributed by atoms with Gasteiger partial charge in [-0.1, -0.05) is 31.2 Å². The number of hydrogen-bond donors (Lipinski definition) is 0. The van der Waals surface area contributed by atoms with E-state index in [0.29, 0.717) is 0 Å². The number of nitrogens with zero attached hydrogens (tertiary/aromatic N) is 2. The van der Waals surface area contributed by atoms with Crippen molar-refractivity contribution in [3.63, 3.8) is 0 Å². The van der Waals surface area contributed by atoms with E-state index in [0.717, 1.165) is 12.0 Å². The SMILES string of the molecule is C[C@H](CF)Cc1ccc(C2C=CN=N2)cc1. The molecule has 2 rings (SSSR count). The smallest absolute Gasteiger partial charge is 0.116 e. The summed E-state index contributed by atoms with van der Waals surface area (Å²) in [6.07, 6.45) is 4.46. The largest absolute Gasteiger partial charge is 0.251 e. The maximum atomic E-state index is 12.4. The van der Waals surface area contributed by atoms with Crippen LogP contribution in [0.4, 0.5) is 4.39 Å². The molecule has 84 valence electrons. The molecule has 1 aliphatic rings. The lowest BCUT2D eigenvalue weighted by Gasteiger charge is -2.08. The zero-order chi connectivity index (χ0) is 11.4. The Hall–Kier alpha value is -1.51. The van der Waals surface area contributed by atoms with E-state index in [4.69, 9.17) is 0 Å². The van der Waals surface area contributed by atoms with E-state index in [1.165, 1.54) is 5.56 Å². The molecule has 1 unspecified atom stereocenters. The predicted molar refractivity (Wildman–Crippen MR) is 62.0 cm³/mol. The van der Waals surface area contributed by atoms with Crippen molar-refractivity contribution in [3.8, 4) is 0 Å². The van der Waals surface area contributed by atoms with Crippen molar-refractivity contribution in [3.05, 3.63) is 47.7 Å². The van der Waals surface area contributed by atoms with Gasteiger partial charge in [-0.2, -0.15) is 10.2 Å². The zero-order valence-electron chi connectivity index (χ0n) is 9.31. The number of benzene rings is 1. The van der Waals surface area contributed by atoms with Gasteiger partial charge in [-0.3, -0.25) is 4.39 Å². The highest BCUT2D eigenvalue weighted by molar-refractivity contribution is 5.28. The Balaban J connectivity index is 2.04. The van der Waals surface area contributed by atoms with Gasteiger partial charge in [0.2, 0.25) is 0 Å². The Morgan fingerprint density at radius 1 is 1.31 bits per heavy atom. The first-order chi connectivity index (χ1) is 7.79. The highest BCUT2D eigenvalue weighted by Crippen LogP contribution is 2.24. The van der Waals surface area contributed by atoms with Crippen molar-refractivity contribution < 1.29 is 4.39 Å². The summed E-state index contributed by atoms with van der Waals surface area (Å²) in [5.74, 6) is 0.0944. The van der Waals surface area contributed by atoms with Crippen LogP contribution in [0.1, 0.15) is 24.1 Å². The third kappa shape index (κ3) is 2.54. The molecular weight excluding hydrogens is 203 g/mol. The standard InChI is InChI=1S/C13H15FN2/c1-10(9-14)8-11-2-4-12(5-3-11)13-6-7-15-16-13/h2-7,10,13H,8-9H2,1H3/t10-,13?/m0/s1. The average molecular weight is 218 g/mol. The van der Waals surface area contributed by atoms with Gasteiger partial charge >= 0.3 is 0 Å². The van der Waals surface area contributed by atoms with Crippen LogP contribution in [0.5, 0.6) is 0 Å². The first-order valence-corrected chi connectivity index (χ1v) is 5.51.